The lowest BCUT2D eigenvalue weighted by atomic mass is 9.97. The number of pyridine rings is 2. The van der Waals surface area contributed by atoms with Gasteiger partial charge in [0.15, 0.2) is 5.17 Å². The van der Waals surface area contributed by atoms with Crippen molar-refractivity contribution in [3.05, 3.63) is 89.6 Å². The van der Waals surface area contributed by atoms with Crippen LogP contribution in [-0.2, 0) is 4.79 Å². The summed E-state index contributed by atoms with van der Waals surface area (Å²) in [5.41, 5.74) is 7.94. The second-order valence-corrected chi connectivity index (χ2v) is 8.74. The largest absolute Gasteiger partial charge is 0.494 e. The number of hydrogen-bond acceptors (Lipinski definition) is 8. The Morgan fingerprint density at radius 1 is 1.06 bits per heavy atom. The van der Waals surface area contributed by atoms with Crippen molar-refractivity contribution in [3.63, 3.8) is 0 Å². The number of amides is 2. The zero-order valence-corrected chi connectivity index (χ0v) is 19.9. The number of nitrogens with zero attached hydrogens (tertiary/aromatic N) is 4. The van der Waals surface area contributed by atoms with Crippen molar-refractivity contribution >= 4 is 34.4 Å². The Morgan fingerprint density at radius 2 is 1.86 bits per heavy atom. The van der Waals surface area contributed by atoms with E-state index in [0.29, 0.717) is 29.1 Å². The Hall–Kier alpha value is -4.18. The number of aromatic nitrogens is 2. The summed E-state index contributed by atoms with van der Waals surface area (Å²) in [5.74, 6) is -0.137. The summed E-state index contributed by atoms with van der Waals surface area (Å²) >= 11 is 1.52. The molecule has 0 radical (unpaired) electrons. The molecule has 1 unspecified atom stereocenters. The van der Waals surface area contributed by atoms with Gasteiger partial charge in [-0.15, -0.1) is 0 Å². The van der Waals surface area contributed by atoms with Gasteiger partial charge in [0, 0.05) is 29.0 Å². The first-order valence-corrected chi connectivity index (χ1v) is 11.8. The number of allylic oxidation sites excluding steroid dienone is 1. The molecule has 1 atom stereocenters. The molecular formula is C25H22N6O3S. The van der Waals surface area contributed by atoms with Crippen LogP contribution in [0.2, 0.25) is 0 Å². The van der Waals surface area contributed by atoms with Crippen LogP contribution in [0.1, 0.15) is 35.9 Å². The lowest BCUT2D eigenvalue weighted by Crippen LogP contribution is -2.46. The number of fused-ring (bicyclic) bond motifs is 3. The molecule has 2 aliphatic rings. The Kier molecular flexibility index (Phi) is 6.19. The molecule has 0 spiro atoms. The molecule has 0 saturated carbocycles. The third-order valence-corrected chi connectivity index (χ3v) is 6.56. The molecule has 9 nitrogen and oxygen atoms in total. The van der Waals surface area contributed by atoms with E-state index in [9.17, 15) is 9.59 Å². The zero-order chi connectivity index (χ0) is 24.4. The molecular weight excluding hydrogens is 464 g/mol. The average Bonchev–Trinajstić information content (AvgIpc) is 3.24. The number of amidine groups is 1. The number of anilines is 1. The highest BCUT2D eigenvalue weighted by Gasteiger charge is 2.42. The van der Waals surface area contributed by atoms with Gasteiger partial charge >= 0.3 is 0 Å². The van der Waals surface area contributed by atoms with Gasteiger partial charge in [0.05, 0.1) is 29.3 Å². The lowest BCUT2D eigenvalue weighted by molar-refractivity contribution is -0.118. The molecule has 10 heteroatoms. The summed E-state index contributed by atoms with van der Waals surface area (Å²) in [6, 6.07) is 14.0. The summed E-state index contributed by atoms with van der Waals surface area (Å²) in [7, 11) is 0. The smallest absolute Gasteiger partial charge is 0.269 e. The fourth-order valence-corrected chi connectivity index (χ4v) is 5.13. The van der Waals surface area contributed by atoms with Crippen LogP contribution in [0.5, 0.6) is 5.75 Å². The molecule has 2 N–H and O–H groups in total. The van der Waals surface area contributed by atoms with Gasteiger partial charge in [-0.3, -0.25) is 30.4 Å². The summed E-state index contributed by atoms with van der Waals surface area (Å²) in [5, 5.41) is 0.749. The van der Waals surface area contributed by atoms with Gasteiger partial charge in [-0.25, -0.2) is 4.99 Å². The van der Waals surface area contributed by atoms with Crippen LogP contribution < -0.4 is 20.5 Å². The summed E-state index contributed by atoms with van der Waals surface area (Å²) in [6.45, 7) is 4.30. The monoisotopic (exact) mass is 486 g/mol. The fourth-order valence-electron chi connectivity index (χ4n) is 4.00. The minimum Gasteiger partial charge on any atom is -0.494 e. The number of thioether (sulfide) groups is 1. The molecule has 0 saturated heterocycles. The number of nitrogens with one attached hydrogen (secondary N) is 2. The van der Waals surface area contributed by atoms with Gasteiger partial charge in [0.2, 0.25) is 0 Å². The molecule has 0 fully saturated rings. The van der Waals surface area contributed by atoms with Crippen LogP contribution in [0.25, 0.3) is 0 Å². The Morgan fingerprint density at radius 3 is 2.60 bits per heavy atom. The van der Waals surface area contributed by atoms with Gasteiger partial charge in [-0.05, 0) is 68.1 Å². The molecule has 5 rings (SSSR count). The van der Waals surface area contributed by atoms with Crippen LogP contribution in [0.15, 0.2) is 88.3 Å². The highest BCUT2D eigenvalue weighted by atomic mass is 32.2. The number of ether oxygens (including phenoxy) is 1. The van der Waals surface area contributed by atoms with Crippen LogP contribution in [0, 0.1) is 0 Å². The van der Waals surface area contributed by atoms with E-state index in [1.807, 2.05) is 48.2 Å². The number of carbonyl (C=O) groups is 2. The molecule has 0 aliphatic carbocycles. The van der Waals surface area contributed by atoms with Crippen molar-refractivity contribution in [2.45, 2.75) is 24.8 Å². The zero-order valence-electron chi connectivity index (χ0n) is 19.1. The molecule has 2 amide bonds. The predicted molar refractivity (Wildman–Crippen MR) is 133 cm³/mol. The Labute approximate surface area is 206 Å². The topological polar surface area (TPSA) is 109 Å². The highest BCUT2D eigenvalue weighted by molar-refractivity contribution is 8.14. The first-order valence-electron chi connectivity index (χ1n) is 11.0. The van der Waals surface area contributed by atoms with Crippen molar-refractivity contribution < 1.29 is 14.3 Å². The molecule has 0 bridgehead atoms. The number of carbonyl (C=O) groups excluding carboxylic acids is 2. The predicted octanol–water partition coefficient (Wildman–Crippen LogP) is 3.63. The van der Waals surface area contributed by atoms with Gasteiger partial charge in [0.25, 0.3) is 11.8 Å². The van der Waals surface area contributed by atoms with E-state index in [-0.39, 0.29) is 0 Å². The third-order valence-electron chi connectivity index (χ3n) is 5.54. The van der Waals surface area contributed by atoms with Crippen LogP contribution in [0.3, 0.4) is 0 Å². The molecule has 2 aromatic heterocycles. The van der Waals surface area contributed by atoms with E-state index >= 15 is 0 Å². The Bertz CT molecular complexity index is 1340. The quantitative estimate of drug-likeness (QED) is 0.530. The molecule has 35 heavy (non-hydrogen) atoms. The van der Waals surface area contributed by atoms with Crippen molar-refractivity contribution in [2.24, 2.45) is 4.99 Å². The van der Waals surface area contributed by atoms with E-state index in [1.165, 1.54) is 24.2 Å². The second-order valence-electron chi connectivity index (χ2n) is 7.73. The minimum absolute atomic E-state index is 0.381. The first-order chi connectivity index (χ1) is 17.1. The number of hydrazine groups is 1. The van der Waals surface area contributed by atoms with E-state index in [4.69, 9.17) is 9.73 Å². The van der Waals surface area contributed by atoms with Gasteiger partial charge in [0.1, 0.15) is 11.8 Å². The van der Waals surface area contributed by atoms with Crippen molar-refractivity contribution in [2.75, 3.05) is 11.5 Å². The van der Waals surface area contributed by atoms with Crippen LogP contribution >= 0.6 is 11.8 Å². The van der Waals surface area contributed by atoms with E-state index in [0.717, 1.165) is 21.5 Å². The van der Waals surface area contributed by atoms with Gasteiger partial charge in [-0.2, -0.15) is 0 Å². The Balaban J connectivity index is 1.49. The van der Waals surface area contributed by atoms with E-state index < -0.39 is 17.9 Å². The summed E-state index contributed by atoms with van der Waals surface area (Å²) in [6.07, 6.45) is 4.72. The normalized spacial score (nSPS) is 16.2. The molecule has 4 heterocycles. The maximum Gasteiger partial charge on any atom is 0.269 e. The lowest BCUT2D eigenvalue weighted by Gasteiger charge is -2.34. The SMILES string of the molecule is CCOc1ccc2c(c1)SC1=NC(C)=C(C(=O)NNC(=O)c3ccncc3)C(c3ccccn3)N12. The number of aliphatic imine (C=N–C) groups is 1. The van der Waals surface area contributed by atoms with E-state index in [2.05, 4.69) is 20.8 Å². The first kappa shape index (κ1) is 22.6. The third kappa shape index (κ3) is 4.35. The van der Waals surface area contributed by atoms with Gasteiger partial charge in [-0.1, -0.05) is 6.07 Å². The standard InChI is InChI=1S/C25H22N6O3S/c1-3-34-17-7-8-19-20(14-17)35-25-28-15(2)21(22(31(19)25)18-6-4-5-11-27-18)24(33)30-29-23(32)16-9-12-26-13-10-16/h4-14,22H,3H2,1-2H3,(H,29,32)(H,30,33). The summed E-state index contributed by atoms with van der Waals surface area (Å²) < 4.78 is 5.66. The fraction of sp³-hybridized carbons (Fsp3) is 0.160. The number of benzene rings is 1. The van der Waals surface area contributed by atoms with Crippen molar-refractivity contribution in [1.29, 1.82) is 0 Å². The number of hydrogen-bond donors (Lipinski definition) is 2. The maximum atomic E-state index is 13.4. The molecule has 176 valence electrons. The second kappa shape index (κ2) is 9.59. The van der Waals surface area contributed by atoms with Crippen molar-refractivity contribution in [3.8, 4) is 5.75 Å². The van der Waals surface area contributed by atoms with E-state index in [1.54, 1.807) is 25.3 Å². The summed E-state index contributed by atoms with van der Waals surface area (Å²) in [4.78, 5) is 42.1. The van der Waals surface area contributed by atoms with Gasteiger partial charge < -0.3 is 9.64 Å². The highest BCUT2D eigenvalue weighted by Crippen LogP contribution is 2.50. The molecule has 3 aromatic rings. The van der Waals surface area contributed by atoms with Crippen LogP contribution in [0.4, 0.5) is 5.69 Å². The molecule has 1 aromatic carbocycles. The molecule has 2 aliphatic heterocycles. The maximum absolute atomic E-state index is 13.4. The van der Waals surface area contributed by atoms with Crippen molar-refractivity contribution in [1.82, 2.24) is 20.8 Å². The average molecular weight is 487 g/mol. The number of rotatable bonds is 5. The van der Waals surface area contributed by atoms with Crippen LogP contribution in [-0.4, -0.2) is 33.6 Å². The minimum atomic E-state index is -0.534.